The molecule has 61 heavy (non-hydrogen) atoms. The number of rotatable bonds is 6. The van der Waals surface area contributed by atoms with Gasteiger partial charge in [-0.2, -0.15) is 0 Å². The summed E-state index contributed by atoms with van der Waals surface area (Å²) in [5, 5.41) is 5.81. The molecular weight excluding hydrogens is 744 g/mol. The van der Waals surface area contributed by atoms with E-state index in [2.05, 4.69) is 241 Å². The van der Waals surface area contributed by atoms with Crippen molar-refractivity contribution in [1.29, 1.82) is 0 Å². The van der Waals surface area contributed by atoms with E-state index in [4.69, 9.17) is 4.99 Å². The Balaban J connectivity index is 1.10. The van der Waals surface area contributed by atoms with E-state index in [0.29, 0.717) is 6.54 Å². The van der Waals surface area contributed by atoms with Gasteiger partial charge in [0.05, 0.1) is 40.3 Å². The van der Waals surface area contributed by atoms with E-state index in [0.717, 1.165) is 39.7 Å². The van der Waals surface area contributed by atoms with Gasteiger partial charge in [0.2, 0.25) is 5.96 Å². The van der Waals surface area contributed by atoms with Gasteiger partial charge in [0.25, 0.3) is 0 Å². The van der Waals surface area contributed by atoms with Crippen LogP contribution in [0.1, 0.15) is 0 Å². The van der Waals surface area contributed by atoms with E-state index in [1.54, 1.807) is 0 Å². The summed E-state index contributed by atoms with van der Waals surface area (Å²) in [7, 11) is 0. The standard InChI is InChI=1S/C52H39B2N7/c1-5-18-40(19-6-1)58-48-26-13-14-27-49(48)59(41-20-7-2-8-21-41)53(58)38-30-32-46-44(36-38)45-37-39(31-33-47(45)57(46)52-55-34-17-35-56-52)54-60(42-22-9-3-10-23-42)50-28-15-16-29-51(50)61(54)43-24-11-4-12-25-43/h1-34,36-37H,35H2,(H,55,56). The van der Waals surface area contributed by atoms with E-state index in [9.17, 15) is 0 Å². The molecule has 0 spiro atoms. The van der Waals surface area contributed by atoms with Crippen LogP contribution in [0, 0.1) is 0 Å². The molecule has 4 heterocycles. The molecule has 3 aliphatic rings. The summed E-state index contributed by atoms with van der Waals surface area (Å²) in [4.78, 5) is 14.9. The Labute approximate surface area is 356 Å². The molecule has 0 aliphatic carbocycles. The molecule has 0 saturated heterocycles. The lowest BCUT2D eigenvalue weighted by atomic mass is 9.63. The minimum Gasteiger partial charge on any atom is -0.360 e. The first-order valence-corrected chi connectivity index (χ1v) is 20.9. The largest absolute Gasteiger partial charge is 0.420 e. The van der Waals surface area contributed by atoms with Crippen molar-refractivity contribution in [3.8, 4) is 0 Å². The number of aromatic nitrogens is 1. The van der Waals surface area contributed by atoms with Gasteiger partial charge in [-0.3, -0.25) is 4.57 Å². The van der Waals surface area contributed by atoms with Crippen LogP contribution in [0.5, 0.6) is 0 Å². The third kappa shape index (κ3) is 5.65. The second-order valence-electron chi connectivity index (χ2n) is 15.6. The fourth-order valence-corrected chi connectivity index (χ4v) is 9.69. The minimum atomic E-state index is -0.160. The first kappa shape index (κ1) is 35.1. The molecule has 0 amide bonds. The Bertz CT molecular complexity index is 2810. The molecule has 9 aromatic rings. The second-order valence-corrected chi connectivity index (χ2v) is 15.6. The maximum absolute atomic E-state index is 4.98. The fraction of sp³-hybridized carbons (Fsp3) is 0.0192. The Hall–Kier alpha value is -7.90. The molecule has 0 bridgehead atoms. The van der Waals surface area contributed by atoms with E-state index < -0.39 is 0 Å². The molecule has 7 nitrogen and oxygen atoms in total. The Morgan fingerprint density at radius 2 is 0.738 bits per heavy atom. The van der Waals surface area contributed by atoms with Crippen LogP contribution in [0.25, 0.3) is 21.8 Å². The zero-order chi connectivity index (χ0) is 40.3. The van der Waals surface area contributed by atoms with Crippen LogP contribution in [0.2, 0.25) is 0 Å². The van der Waals surface area contributed by atoms with Crippen molar-refractivity contribution in [3.63, 3.8) is 0 Å². The average Bonchev–Trinajstić information content (AvgIpc) is 3.99. The number of para-hydroxylation sites is 8. The number of fused-ring (bicyclic) bond motifs is 5. The molecule has 288 valence electrons. The molecule has 3 aliphatic heterocycles. The van der Waals surface area contributed by atoms with E-state index in [1.807, 2.05) is 6.20 Å². The van der Waals surface area contributed by atoms with Gasteiger partial charge in [-0.25, -0.2) is 4.99 Å². The topological polar surface area (TPSA) is 42.3 Å². The van der Waals surface area contributed by atoms with Crippen LogP contribution in [-0.4, -0.2) is 31.0 Å². The van der Waals surface area contributed by atoms with Gasteiger partial charge in [0, 0.05) is 39.7 Å². The Morgan fingerprint density at radius 1 is 0.393 bits per heavy atom. The van der Waals surface area contributed by atoms with Gasteiger partial charge in [-0.05, 0) is 102 Å². The normalized spacial score (nSPS) is 14.5. The third-order valence-electron chi connectivity index (χ3n) is 12.2. The number of hydrogen-bond donors (Lipinski definition) is 1. The summed E-state index contributed by atoms with van der Waals surface area (Å²) < 4.78 is 2.29. The van der Waals surface area contributed by atoms with Crippen LogP contribution >= 0.6 is 0 Å². The predicted molar refractivity (Wildman–Crippen MR) is 257 cm³/mol. The van der Waals surface area contributed by atoms with E-state index in [1.165, 1.54) is 44.4 Å². The lowest BCUT2D eigenvalue weighted by molar-refractivity contribution is 1.02. The number of aliphatic imine (C=N–C) groups is 1. The average molecular weight is 784 g/mol. The second kappa shape index (κ2) is 14.4. The quantitative estimate of drug-likeness (QED) is 0.170. The molecular formula is C52H39B2N7. The molecule has 0 saturated carbocycles. The molecule has 0 unspecified atom stereocenters. The van der Waals surface area contributed by atoms with Crippen molar-refractivity contribution in [2.75, 3.05) is 25.8 Å². The van der Waals surface area contributed by atoms with Gasteiger partial charge in [-0.15, -0.1) is 0 Å². The molecule has 0 radical (unpaired) electrons. The molecule has 9 heteroatoms. The molecule has 0 atom stereocenters. The smallest absolute Gasteiger partial charge is 0.360 e. The number of nitrogens with zero attached hydrogens (tertiary/aromatic N) is 6. The SMILES string of the molecule is C1=CNC(n2c3ccc(B4N(c5ccccc5)c5ccccc5N4c4ccccc4)cc3c3cc(B4N(c5ccccc5)c5ccccc5N4c4ccccc4)ccc32)=NC1. The molecule has 8 aromatic carbocycles. The first-order valence-electron chi connectivity index (χ1n) is 20.9. The summed E-state index contributed by atoms with van der Waals surface area (Å²) in [6.45, 7) is 0.302. The highest BCUT2D eigenvalue weighted by Gasteiger charge is 2.45. The van der Waals surface area contributed by atoms with Crippen molar-refractivity contribution >= 4 is 98.2 Å². The zero-order valence-corrected chi connectivity index (χ0v) is 33.3. The van der Waals surface area contributed by atoms with Crippen molar-refractivity contribution in [2.24, 2.45) is 4.99 Å². The van der Waals surface area contributed by atoms with Crippen LogP contribution in [0.3, 0.4) is 0 Å². The molecule has 1 N–H and O–H groups in total. The van der Waals surface area contributed by atoms with Gasteiger partial charge in [0.1, 0.15) is 0 Å². The van der Waals surface area contributed by atoms with E-state index >= 15 is 0 Å². The van der Waals surface area contributed by atoms with Gasteiger partial charge >= 0.3 is 14.0 Å². The maximum atomic E-state index is 4.98. The summed E-state index contributed by atoms with van der Waals surface area (Å²) in [6, 6.07) is 74.7. The first-order chi connectivity index (χ1) is 30.3. The van der Waals surface area contributed by atoms with Gasteiger partial charge in [-0.1, -0.05) is 121 Å². The van der Waals surface area contributed by atoms with Crippen molar-refractivity contribution in [1.82, 2.24) is 9.88 Å². The van der Waals surface area contributed by atoms with Crippen molar-refractivity contribution in [3.05, 3.63) is 219 Å². The summed E-state index contributed by atoms with van der Waals surface area (Å²) >= 11 is 0. The van der Waals surface area contributed by atoms with E-state index in [-0.39, 0.29) is 14.0 Å². The number of nitrogens with one attached hydrogen (secondary N) is 1. The van der Waals surface area contributed by atoms with Crippen LogP contribution in [0.15, 0.2) is 224 Å². The molecule has 0 fully saturated rings. The number of anilines is 8. The highest BCUT2D eigenvalue weighted by Crippen LogP contribution is 2.48. The number of hydrogen-bond acceptors (Lipinski definition) is 6. The Kier molecular flexibility index (Phi) is 8.30. The van der Waals surface area contributed by atoms with Gasteiger partial charge < -0.3 is 24.6 Å². The fourth-order valence-electron chi connectivity index (χ4n) is 9.69. The van der Waals surface area contributed by atoms with Crippen LogP contribution in [-0.2, 0) is 0 Å². The maximum Gasteiger partial charge on any atom is 0.420 e. The highest BCUT2D eigenvalue weighted by molar-refractivity contribution is 6.85. The predicted octanol–water partition coefficient (Wildman–Crippen LogP) is 10.5. The third-order valence-corrected chi connectivity index (χ3v) is 12.2. The summed E-state index contributed by atoms with van der Waals surface area (Å²) in [5.74, 6) is 0.818. The molecule has 12 rings (SSSR count). The lowest BCUT2D eigenvalue weighted by Gasteiger charge is -2.30. The monoisotopic (exact) mass is 783 g/mol. The Morgan fingerprint density at radius 3 is 1.07 bits per heavy atom. The van der Waals surface area contributed by atoms with Crippen LogP contribution < -0.4 is 35.5 Å². The van der Waals surface area contributed by atoms with Gasteiger partial charge in [0.15, 0.2) is 0 Å². The summed E-state index contributed by atoms with van der Waals surface area (Å²) in [5.41, 5.74) is 13.8. The zero-order valence-electron chi connectivity index (χ0n) is 33.3. The summed E-state index contributed by atoms with van der Waals surface area (Å²) in [6.07, 6.45) is 4.05. The van der Waals surface area contributed by atoms with Crippen LogP contribution in [0.4, 0.5) is 45.5 Å². The number of benzene rings is 8. The highest BCUT2D eigenvalue weighted by atomic mass is 15.3. The minimum absolute atomic E-state index is 0.160. The van der Waals surface area contributed by atoms with Crippen molar-refractivity contribution in [2.45, 2.75) is 0 Å². The molecule has 1 aromatic heterocycles. The lowest BCUT2D eigenvalue weighted by Crippen LogP contribution is -2.53. The van der Waals surface area contributed by atoms with Crippen molar-refractivity contribution < 1.29 is 0 Å².